The summed E-state index contributed by atoms with van der Waals surface area (Å²) in [5.74, 6) is -0.0390. The van der Waals surface area contributed by atoms with Crippen molar-refractivity contribution in [2.75, 3.05) is 18.1 Å². The molecule has 6 nitrogen and oxygen atoms in total. The normalized spacial score (nSPS) is 18.9. The number of carboxylic acids is 1. The van der Waals surface area contributed by atoms with Crippen LogP contribution in [-0.2, 0) is 15.6 Å². The van der Waals surface area contributed by atoms with Crippen molar-refractivity contribution in [3.63, 3.8) is 0 Å². The number of rotatable bonds is 6. The van der Waals surface area contributed by atoms with Crippen LogP contribution in [-0.4, -0.2) is 44.9 Å². The van der Waals surface area contributed by atoms with E-state index in [1.54, 1.807) is 0 Å². The van der Waals surface area contributed by atoms with Gasteiger partial charge in [0.15, 0.2) is 0 Å². The van der Waals surface area contributed by atoms with Crippen molar-refractivity contribution in [2.45, 2.75) is 31.7 Å². The average molecular weight is 262 g/mol. The Hall–Kier alpha value is -1.11. The number of carbonyl (C=O) groups excluding carboxylic acids is 1. The molecule has 0 bridgehead atoms. The van der Waals surface area contributed by atoms with Crippen LogP contribution in [0.15, 0.2) is 0 Å². The first kappa shape index (κ1) is 14.0. The van der Waals surface area contributed by atoms with Gasteiger partial charge in [0.1, 0.15) is 5.54 Å². The van der Waals surface area contributed by atoms with Crippen LogP contribution >= 0.6 is 0 Å². The lowest BCUT2D eigenvalue weighted by Gasteiger charge is -2.38. The van der Waals surface area contributed by atoms with E-state index in [0.717, 1.165) is 6.42 Å². The molecule has 3 N–H and O–H groups in total. The smallest absolute Gasteiger partial charge is 0.329 e. The first-order valence-corrected chi connectivity index (χ1v) is 7.13. The first-order chi connectivity index (χ1) is 8.00. The molecule has 1 aliphatic rings. The molecule has 2 amide bonds. The van der Waals surface area contributed by atoms with Gasteiger partial charge in [0.25, 0.3) is 0 Å². The van der Waals surface area contributed by atoms with Crippen LogP contribution in [0.1, 0.15) is 26.2 Å². The topological polar surface area (TPSA) is 95.5 Å². The average Bonchev–Trinajstić information content (AvgIpc) is 2.22. The third-order valence-electron chi connectivity index (χ3n) is 2.91. The molecule has 0 saturated heterocycles. The van der Waals surface area contributed by atoms with Gasteiger partial charge in [-0.25, -0.2) is 9.59 Å². The molecule has 1 aliphatic carbocycles. The van der Waals surface area contributed by atoms with Crippen molar-refractivity contribution in [3.05, 3.63) is 0 Å². The number of urea groups is 1. The number of hydrogen-bond donors (Lipinski definition) is 3. The zero-order valence-corrected chi connectivity index (χ0v) is 10.6. The van der Waals surface area contributed by atoms with Crippen LogP contribution in [0.4, 0.5) is 4.79 Å². The Morgan fingerprint density at radius 1 is 1.41 bits per heavy atom. The molecule has 0 aromatic rings. The molecule has 1 unspecified atom stereocenters. The largest absolute Gasteiger partial charge is 0.480 e. The summed E-state index contributed by atoms with van der Waals surface area (Å²) < 4.78 is 11.1. The van der Waals surface area contributed by atoms with Crippen molar-refractivity contribution in [1.29, 1.82) is 0 Å². The van der Waals surface area contributed by atoms with Gasteiger partial charge in [0, 0.05) is 28.9 Å². The van der Waals surface area contributed by atoms with Gasteiger partial charge in [-0.1, -0.05) is 6.92 Å². The lowest BCUT2D eigenvalue weighted by molar-refractivity contribution is -0.148. The number of aliphatic carboxylic acids is 1. The summed E-state index contributed by atoms with van der Waals surface area (Å²) in [7, 11) is -0.922. The predicted molar refractivity (Wildman–Crippen MR) is 64.3 cm³/mol. The zero-order valence-electron chi connectivity index (χ0n) is 9.82. The Balaban J connectivity index is 2.29. The minimum Gasteiger partial charge on any atom is -0.480 e. The zero-order chi connectivity index (χ0) is 12.9. The molecule has 0 aromatic heterocycles. The minimum absolute atomic E-state index is 0.294. The molecule has 0 spiro atoms. The van der Waals surface area contributed by atoms with Gasteiger partial charge >= 0.3 is 12.0 Å². The molecule has 98 valence electrons. The second kappa shape index (κ2) is 6.00. The monoisotopic (exact) mass is 262 g/mol. The van der Waals surface area contributed by atoms with Crippen molar-refractivity contribution in [2.24, 2.45) is 0 Å². The highest BCUT2D eigenvalue weighted by atomic mass is 32.2. The van der Waals surface area contributed by atoms with Gasteiger partial charge in [-0.3, -0.25) is 4.21 Å². The fourth-order valence-electron chi connectivity index (χ4n) is 1.61. The predicted octanol–water partition coefficient (Wildman–Crippen LogP) is 0.0615. The molecular formula is C10H18N2O4S. The quantitative estimate of drug-likeness (QED) is 0.631. The molecule has 1 atom stereocenters. The molecule has 1 saturated carbocycles. The van der Waals surface area contributed by atoms with E-state index < -0.39 is 28.3 Å². The first-order valence-electron chi connectivity index (χ1n) is 5.64. The van der Waals surface area contributed by atoms with E-state index in [4.69, 9.17) is 5.11 Å². The van der Waals surface area contributed by atoms with Crippen LogP contribution in [0, 0.1) is 0 Å². The van der Waals surface area contributed by atoms with Gasteiger partial charge < -0.3 is 15.7 Å². The summed E-state index contributed by atoms with van der Waals surface area (Å²) in [6, 6.07) is -0.500. The second-order valence-electron chi connectivity index (χ2n) is 4.05. The molecule has 0 radical (unpaired) electrons. The van der Waals surface area contributed by atoms with E-state index in [1.165, 1.54) is 0 Å². The Morgan fingerprint density at radius 3 is 2.47 bits per heavy atom. The highest BCUT2D eigenvalue weighted by Gasteiger charge is 2.45. The van der Waals surface area contributed by atoms with Crippen LogP contribution in [0.2, 0.25) is 0 Å². The van der Waals surface area contributed by atoms with E-state index >= 15 is 0 Å². The van der Waals surface area contributed by atoms with E-state index in [0.29, 0.717) is 30.9 Å². The molecule has 0 aliphatic heterocycles. The fraction of sp³-hybridized carbons (Fsp3) is 0.800. The summed E-state index contributed by atoms with van der Waals surface area (Å²) in [6.07, 6.45) is 1.75. The third-order valence-corrected chi connectivity index (χ3v) is 4.21. The number of nitrogens with one attached hydrogen (secondary N) is 2. The lowest BCUT2D eigenvalue weighted by atomic mass is 9.77. The molecule has 17 heavy (non-hydrogen) atoms. The standard InChI is InChI=1S/C10H18N2O4S/c1-2-17(16)7-6-11-9(15)12-10(8(13)14)4-3-5-10/h2-7H2,1H3,(H,13,14)(H2,11,12,15). The number of amides is 2. The molecule has 0 aromatic carbocycles. The van der Waals surface area contributed by atoms with Crippen molar-refractivity contribution in [3.8, 4) is 0 Å². The van der Waals surface area contributed by atoms with E-state index in [2.05, 4.69) is 10.6 Å². The van der Waals surface area contributed by atoms with Gasteiger partial charge in [-0.15, -0.1) is 0 Å². The van der Waals surface area contributed by atoms with E-state index in [9.17, 15) is 13.8 Å². The summed E-state index contributed by atoms with van der Waals surface area (Å²) in [6.45, 7) is 2.10. The summed E-state index contributed by atoms with van der Waals surface area (Å²) in [5, 5.41) is 14.0. The van der Waals surface area contributed by atoms with Gasteiger partial charge in [-0.05, 0) is 19.3 Å². The van der Waals surface area contributed by atoms with E-state index in [-0.39, 0.29) is 0 Å². The number of carboxylic acid groups (broad SMARTS) is 1. The van der Waals surface area contributed by atoms with Crippen molar-refractivity contribution < 1.29 is 18.9 Å². The highest BCUT2D eigenvalue weighted by Crippen LogP contribution is 2.31. The molecule has 7 heteroatoms. The van der Waals surface area contributed by atoms with Crippen LogP contribution in [0.3, 0.4) is 0 Å². The van der Waals surface area contributed by atoms with Crippen LogP contribution in [0.5, 0.6) is 0 Å². The van der Waals surface area contributed by atoms with E-state index in [1.807, 2.05) is 6.92 Å². The summed E-state index contributed by atoms with van der Waals surface area (Å²) in [4.78, 5) is 22.4. The SMILES string of the molecule is CCS(=O)CCNC(=O)NC1(C(=O)O)CCC1. The minimum atomic E-state index is -1.09. The van der Waals surface area contributed by atoms with Crippen LogP contribution < -0.4 is 10.6 Å². The molecular weight excluding hydrogens is 244 g/mol. The summed E-state index contributed by atoms with van der Waals surface area (Å²) in [5.41, 5.74) is -1.09. The molecule has 1 rings (SSSR count). The second-order valence-corrected chi connectivity index (χ2v) is 5.92. The maximum absolute atomic E-state index is 11.4. The highest BCUT2D eigenvalue weighted by molar-refractivity contribution is 7.84. The maximum Gasteiger partial charge on any atom is 0.329 e. The Morgan fingerprint density at radius 2 is 2.06 bits per heavy atom. The van der Waals surface area contributed by atoms with Gasteiger partial charge in [0.05, 0.1) is 0 Å². The Kier molecular flexibility index (Phi) is 4.92. The van der Waals surface area contributed by atoms with Gasteiger partial charge in [-0.2, -0.15) is 0 Å². The van der Waals surface area contributed by atoms with Crippen molar-refractivity contribution in [1.82, 2.24) is 10.6 Å². The van der Waals surface area contributed by atoms with Gasteiger partial charge in [0.2, 0.25) is 0 Å². The maximum atomic E-state index is 11.4. The molecule has 0 heterocycles. The summed E-state index contributed by atoms with van der Waals surface area (Å²) >= 11 is 0. The third kappa shape index (κ3) is 3.69. The van der Waals surface area contributed by atoms with Crippen molar-refractivity contribution >= 4 is 22.8 Å². The molecule has 1 fully saturated rings. The number of carbonyl (C=O) groups is 2. The Bertz CT molecular complexity index is 328. The Labute approximate surface area is 103 Å². The van der Waals surface area contributed by atoms with Crippen LogP contribution in [0.25, 0.3) is 0 Å². The lowest BCUT2D eigenvalue weighted by Crippen LogP contribution is -2.61. The fourth-order valence-corrected chi connectivity index (χ4v) is 2.23. The number of hydrogen-bond acceptors (Lipinski definition) is 3.